The Balaban J connectivity index is 2.50. The lowest BCUT2D eigenvalue weighted by Gasteiger charge is -2.22. The van der Waals surface area contributed by atoms with Crippen LogP contribution in [0.25, 0.3) is 0 Å². The molecule has 4 nitrogen and oxygen atoms in total. The van der Waals surface area contributed by atoms with Crippen molar-refractivity contribution in [1.29, 1.82) is 0 Å². The van der Waals surface area contributed by atoms with Crippen LogP contribution >= 0.6 is 35.7 Å². The number of rotatable bonds is 6. The Morgan fingerprint density at radius 1 is 1.59 bits per heavy atom. The third kappa shape index (κ3) is 4.94. The summed E-state index contributed by atoms with van der Waals surface area (Å²) in [6.45, 7) is 2.24. The standard InChI is InChI=1S/C9H18N2O2S4/c1-2-8(9(10)14)17(12,13)11-5-7-6-15-3-4-16-7/h7-8,11H,2-6H2,1H3,(H2,10,14). The van der Waals surface area contributed by atoms with Gasteiger partial charge in [-0.3, -0.25) is 0 Å². The quantitative estimate of drug-likeness (QED) is 0.707. The highest BCUT2D eigenvalue weighted by Gasteiger charge is 2.27. The normalized spacial score (nSPS) is 23.2. The molecule has 17 heavy (non-hydrogen) atoms. The molecule has 1 aliphatic heterocycles. The summed E-state index contributed by atoms with van der Waals surface area (Å²) in [5, 5.41) is -0.397. The van der Waals surface area contributed by atoms with Crippen LogP contribution in [0.4, 0.5) is 0 Å². The zero-order valence-electron chi connectivity index (χ0n) is 9.72. The predicted octanol–water partition coefficient (Wildman–Crippen LogP) is 0.819. The molecule has 8 heteroatoms. The van der Waals surface area contributed by atoms with Gasteiger partial charge in [-0.15, -0.1) is 0 Å². The topological polar surface area (TPSA) is 72.2 Å². The summed E-state index contributed by atoms with van der Waals surface area (Å²) in [6, 6.07) is 0. The average molecular weight is 315 g/mol. The molecule has 1 saturated heterocycles. The van der Waals surface area contributed by atoms with Crippen molar-refractivity contribution in [2.45, 2.75) is 23.8 Å². The highest BCUT2D eigenvalue weighted by atomic mass is 32.2. The minimum atomic E-state index is -3.41. The van der Waals surface area contributed by atoms with Crippen molar-refractivity contribution in [2.75, 3.05) is 23.8 Å². The first-order valence-corrected chi connectivity index (χ1v) is 9.60. The highest BCUT2D eigenvalue weighted by molar-refractivity contribution is 8.06. The third-order valence-electron chi connectivity index (χ3n) is 2.46. The summed E-state index contributed by atoms with van der Waals surface area (Å²) < 4.78 is 26.5. The van der Waals surface area contributed by atoms with Crippen LogP contribution in [0.15, 0.2) is 0 Å². The smallest absolute Gasteiger partial charge is 0.221 e. The van der Waals surface area contributed by atoms with E-state index in [0.29, 0.717) is 18.2 Å². The van der Waals surface area contributed by atoms with Gasteiger partial charge in [0.2, 0.25) is 10.0 Å². The summed E-state index contributed by atoms with van der Waals surface area (Å²) in [6.07, 6.45) is 0.414. The lowest BCUT2D eigenvalue weighted by molar-refractivity contribution is 0.574. The van der Waals surface area contributed by atoms with E-state index in [2.05, 4.69) is 4.72 Å². The van der Waals surface area contributed by atoms with Crippen molar-refractivity contribution in [3.63, 3.8) is 0 Å². The Morgan fingerprint density at radius 2 is 2.29 bits per heavy atom. The van der Waals surface area contributed by atoms with Gasteiger partial charge < -0.3 is 5.73 Å². The minimum absolute atomic E-state index is 0.0469. The molecule has 0 amide bonds. The van der Waals surface area contributed by atoms with Gasteiger partial charge in [-0.05, 0) is 6.42 Å². The Hall–Kier alpha value is 0.500. The van der Waals surface area contributed by atoms with E-state index in [9.17, 15) is 8.42 Å². The molecule has 1 rings (SSSR count). The molecule has 0 aromatic heterocycles. The second-order valence-corrected chi connectivity index (χ2v) is 8.74. The van der Waals surface area contributed by atoms with E-state index >= 15 is 0 Å². The average Bonchev–Trinajstić information content (AvgIpc) is 2.28. The van der Waals surface area contributed by atoms with Crippen molar-refractivity contribution in [1.82, 2.24) is 4.72 Å². The van der Waals surface area contributed by atoms with E-state index in [1.807, 2.05) is 23.5 Å². The maximum absolute atomic E-state index is 12.0. The van der Waals surface area contributed by atoms with E-state index < -0.39 is 15.3 Å². The molecule has 0 aromatic carbocycles. The number of sulfonamides is 1. The molecule has 2 unspecified atom stereocenters. The van der Waals surface area contributed by atoms with Crippen LogP contribution in [0.1, 0.15) is 13.3 Å². The lowest BCUT2D eigenvalue weighted by atomic mass is 10.3. The molecule has 1 heterocycles. The van der Waals surface area contributed by atoms with Crippen molar-refractivity contribution in [3.8, 4) is 0 Å². The van der Waals surface area contributed by atoms with Gasteiger partial charge in [-0.2, -0.15) is 23.5 Å². The summed E-state index contributed by atoms with van der Waals surface area (Å²) >= 11 is 8.47. The summed E-state index contributed by atoms with van der Waals surface area (Å²) in [5.74, 6) is 3.24. The van der Waals surface area contributed by atoms with Gasteiger partial charge in [0.05, 0.1) is 4.99 Å². The SMILES string of the molecule is CCC(C(N)=S)S(=O)(=O)NCC1CSCCS1. The Bertz CT molecular complexity index is 352. The zero-order valence-corrected chi connectivity index (χ0v) is 13.0. The van der Waals surface area contributed by atoms with Gasteiger partial charge >= 0.3 is 0 Å². The number of thioether (sulfide) groups is 2. The van der Waals surface area contributed by atoms with Crippen LogP contribution in [-0.4, -0.2) is 47.7 Å². The van der Waals surface area contributed by atoms with Gasteiger partial charge in [-0.1, -0.05) is 19.1 Å². The van der Waals surface area contributed by atoms with Crippen LogP contribution in [0.5, 0.6) is 0 Å². The summed E-state index contributed by atoms with van der Waals surface area (Å²) in [4.78, 5) is 0.0469. The fourth-order valence-electron chi connectivity index (χ4n) is 1.54. The Morgan fingerprint density at radius 3 is 2.76 bits per heavy atom. The number of thiocarbonyl (C=S) groups is 1. The predicted molar refractivity (Wildman–Crippen MR) is 81.4 cm³/mol. The molecule has 0 bridgehead atoms. The fourth-order valence-corrected chi connectivity index (χ4v) is 6.18. The fraction of sp³-hybridized carbons (Fsp3) is 0.889. The maximum Gasteiger partial charge on any atom is 0.221 e. The Kier molecular flexibility index (Phi) is 6.57. The number of nitrogens with one attached hydrogen (secondary N) is 1. The molecule has 0 spiro atoms. The van der Waals surface area contributed by atoms with Gasteiger partial charge in [-0.25, -0.2) is 13.1 Å². The molecule has 0 radical (unpaired) electrons. The Labute approximate surface area is 117 Å². The first kappa shape index (κ1) is 15.6. The van der Waals surface area contributed by atoms with E-state index in [4.69, 9.17) is 18.0 Å². The van der Waals surface area contributed by atoms with Crippen LogP contribution in [-0.2, 0) is 10.0 Å². The van der Waals surface area contributed by atoms with Crippen LogP contribution in [0.3, 0.4) is 0 Å². The van der Waals surface area contributed by atoms with Gasteiger partial charge in [0, 0.05) is 29.1 Å². The first-order valence-electron chi connectivity index (χ1n) is 5.44. The van der Waals surface area contributed by atoms with Crippen molar-refractivity contribution >= 4 is 50.8 Å². The maximum atomic E-state index is 12.0. The molecule has 3 N–H and O–H groups in total. The molecular weight excluding hydrogens is 296 g/mol. The molecule has 0 aromatic rings. The van der Waals surface area contributed by atoms with Crippen molar-refractivity contribution < 1.29 is 8.42 Å². The van der Waals surface area contributed by atoms with Crippen LogP contribution in [0, 0.1) is 0 Å². The van der Waals surface area contributed by atoms with E-state index in [1.54, 1.807) is 6.92 Å². The molecule has 0 saturated carbocycles. The summed E-state index contributed by atoms with van der Waals surface area (Å²) in [7, 11) is -3.41. The minimum Gasteiger partial charge on any atom is -0.392 e. The molecule has 1 aliphatic rings. The monoisotopic (exact) mass is 314 g/mol. The number of hydrogen-bond acceptors (Lipinski definition) is 5. The first-order chi connectivity index (χ1) is 7.97. The molecule has 2 atom stereocenters. The molecule has 0 aliphatic carbocycles. The van der Waals surface area contributed by atoms with E-state index in [-0.39, 0.29) is 4.99 Å². The molecule has 1 fully saturated rings. The third-order valence-corrected chi connectivity index (χ3v) is 7.64. The van der Waals surface area contributed by atoms with Crippen LogP contribution in [0.2, 0.25) is 0 Å². The zero-order chi connectivity index (χ0) is 12.9. The molecular formula is C9H18N2O2S4. The van der Waals surface area contributed by atoms with Gasteiger partial charge in [0.15, 0.2) is 0 Å². The van der Waals surface area contributed by atoms with Gasteiger partial charge in [0.25, 0.3) is 0 Å². The highest BCUT2D eigenvalue weighted by Crippen LogP contribution is 2.23. The van der Waals surface area contributed by atoms with E-state index in [0.717, 1.165) is 17.3 Å². The largest absolute Gasteiger partial charge is 0.392 e. The molecule has 100 valence electrons. The number of nitrogens with two attached hydrogens (primary N) is 1. The second-order valence-electron chi connectivity index (χ2n) is 3.76. The lowest BCUT2D eigenvalue weighted by Crippen LogP contribution is -2.44. The van der Waals surface area contributed by atoms with Crippen molar-refractivity contribution in [3.05, 3.63) is 0 Å². The van der Waals surface area contributed by atoms with E-state index in [1.165, 1.54) is 0 Å². The summed E-state index contributed by atoms with van der Waals surface area (Å²) in [5.41, 5.74) is 5.45. The second kappa shape index (κ2) is 7.18. The van der Waals surface area contributed by atoms with Crippen LogP contribution < -0.4 is 10.5 Å². The van der Waals surface area contributed by atoms with Crippen molar-refractivity contribution in [2.24, 2.45) is 5.73 Å². The number of hydrogen-bond donors (Lipinski definition) is 2. The van der Waals surface area contributed by atoms with Gasteiger partial charge in [0.1, 0.15) is 5.25 Å².